The van der Waals surface area contributed by atoms with Crippen LogP contribution in [-0.4, -0.2) is 11.9 Å². The van der Waals surface area contributed by atoms with Crippen molar-refractivity contribution in [3.8, 4) is 0 Å². The van der Waals surface area contributed by atoms with E-state index in [9.17, 15) is 0 Å². The molecule has 4 heteroatoms. The molecule has 3 nitrogen and oxygen atoms in total. The molecule has 6 heavy (non-hydrogen) atoms. The van der Waals surface area contributed by atoms with Gasteiger partial charge in [0.15, 0.2) is 0 Å². The summed E-state index contributed by atoms with van der Waals surface area (Å²) in [6, 6.07) is 0. The highest BCUT2D eigenvalue weighted by Gasteiger charge is 1.76. The van der Waals surface area contributed by atoms with E-state index in [4.69, 9.17) is 0 Å². The number of rotatable bonds is 0. The number of nitrogens with zero attached hydrogens (tertiary/aromatic N) is 2. The summed E-state index contributed by atoms with van der Waals surface area (Å²) in [5.41, 5.74) is 4.17. The molecule has 1 heterocycles. The Bertz CT molecular complexity index is 66.8. The van der Waals surface area contributed by atoms with Gasteiger partial charge in [0.25, 0.3) is 0 Å². The Morgan fingerprint density at radius 3 is 2.83 bits per heavy atom. The summed E-state index contributed by atoms with van der Waals surface area (Å²) in [6.45, 7) is 0. The molecule has 0 atom stereocenters. The minimum absolute atomic E-state index is 1.31. The fraction of sp³-hybridized carbons (Fsp3) is 0. The van der Waals surface area contributed by atoms with Crippen molar-refractivity contribution in [2.45, 2.75) is 0 Å². The molecule has 0 aromatic carbocycles. The number of hydrogen-bond donors (Lipinski definition) is 1. The van der Waals surface area contributed by atoms with Crippen molar-refractivity contribution in [1.29, 1.82) is 0 Å². The zero-order valence-corrected chi connectivity index (χ0v) is 3.77. The Morgan fingerprint density at radius 1 is 1.67 bits per heavy atom. The van der Waals surface area contributed by atoms with Crippen LogP contribution in [-0.2, 0) is 0 Å². The lowest BCUT2D eigenvalue weighted by Crippen LogP contribution is -2.02. The predicted molar refractivity (Wildman–Crippen MR) is 27.7 cm³/mol. The van der Waals surface area contributed by atoms with E-state index in [1.807, 2.05) is 0 Å². The zero-order chi connectivity index (χ0) is 4.24. The van der Waals surface area contributed by atoms with E-state index in [0.717, 1.165) is 0 Å². The van der Waals surface area contributed by atoms with Crippen LogP contribution >= 0.6 is 11.9 Å². The molecule has 0 saturated heterocycles. The molecule has 0 aromatic heterocycles. The van der Waals surface area contributed by atoms with Crippen molar-refractivity contribution in [1.82, 2.24) is 5.43 Å². The smallest absolute Gasteiger partial charge is 0.117 e. The van der Waals surface area contributed by atoms with Gasteiger partial charge in [0.2, 0.25) is 0 Å². The molecule has 1 aliphatic heterocycles. The molecular weight excluding hydrogens is 98.1 g/mol. The van der Waals surface area contributed by atoms with Crippen LogP contribution < -0.4 is 5.43 Å². The third-order valence-electron chi connectivity index (χ3n) is 0.346. The summed E-state index contributed by atoms with van der Waals surface area (Å²) in [5.74, 6) is 0. The molecule has 0 bridgehead atoms. The highest BCUT2D eigenvalue weighted by molar-refractivity contribution is 8.11. The molecule has 0 aliphatic carbocycles. The average Bonchev–Trinajstić information content (AvgIpc) is 1.72. The van der Waals surface area contributed by atoms with E-state index < -0.39 is 0 Å². The molecule has 0 amide bonds. The lowest BCUT2D eigenvalue weighted by molar-refractivity contribution is 1.07. The highest BCUT2D eigenvalue weighted by atomic mass is 32.2. The Hall–Kier alpha value is -0.510. The van der Waals surface area contributed by atoms with Crippen LogP contribution in [0.5, 0.6) is 0 Å². The Kier molecular flexibility index (Phi) is 1.11. The summed E-state index contributed by atoms with van der Waals surface area (Å²) in [6.07, 6.45) is 1.53. The second-order valence-electron chi connectivity index (χ2n) is 0.704. The van der Waals surface area contributed by atoms with E-state index in [1.165, 1.54) is 18.3 Å². The topological polar surface area (TPSA) is 36.8 Å². The normalized spacial score (nSPS) is 17.3. The van der Waals surface area contributed by atoms with Crippen molar-refractivity contribution in [2.75, 3.05) is 0 Å². The first kappa shape index (κ1) is 3.67. The summed E-state index contributed by atoms with van der Waals surface area (Å²) in [5, 5.41) is 3.62. The minimum Gasteiger partial charge on any atom is -0.266 e. The van der Waals surface area contributed by atoms with E-state index in [2.05, 4.69) is 14.9 Å². The van der Waals surface area contributed by atoms with Gasteiger partial charge in [-0.2, -0.15) is 9.50 Å². The van der Waals surface area contributed by atoms with Gasteiger partial charge in [0.1, 0.15) is 11.9 Å². The second kappa shape index (κ2) is 1.81. The van der Waals surface area contributed by atoms with Crippen LogP contribution in [0.3, 0.4) is 0 Å². The molecule has 0 fully saturated rings. The van der Waals surface area contributed by atoms with Gasteiger partial charge in [-0.3, -0.25) is 5.43 Å². The van der Waals surface area contributed by atoms with Gasteiger partial charge in [0, 0.05) is 11.9 Å². The molecule has 0 aromatic rings. The van der Waals surface area contributed by atoms with E-state index >= 15 is 0 Å². The van der Waals surface area contributed by atoms with Crippen LogP contribution in [0.25, 0.3) is 0 Å². The fourth-order valence-corrected chi connectivity index (χ4v) is 0.439. The highest BCUT2D eigenvalue weighted by Crippen LogP contribution is 1.94. The first-order valence-electron chi connectivity index (χ1n) is 1.45. The lowest BCUT2D eigenvalue weighted by atomic mass is 11.3. The molecule has 0 spiro atoms. The van der Waals surface area contributed by atoms with E-state index in [1.54, 1.807) is 5.55 Å². The summed E-state index contributed by atoms with van der Waals surface area (Å²) in [7, 11) is 0. The Morgan fingerprint density at radius 2 is 2.67 bits per heavy atom. The third kappa shape index (κ3) is 0.718. The van der Waals surface area contributed by atoms with Crippen LogP contribution in [0, 0.1) is 0 Å². The molecule has 0 unspecified atom stereocenters. The van der Waals surface area contributed by atoms with Gasteiger partial charge >= 0.3 is 0 Å². The Labute approximate surface area is 39.7 Å². The molecule has 32 valence electrons. The van der Waals surface area contributed by atoms with Crippen LogP contribution in [0.15, 0.2) is 9.50 Å². The number of nitrogens with one attached hydrogen (secondary N) is 1. The third-order valence-corrected chi connectivity index (χ3v) is 0.772. The largest absolute Gasteiger partial charge is 0.266 e. The maximum Gasteiger partial charge on any atom is 0.117 e. The molecular formula is C2H3N3S. The summed E-state index contributed by atoms with van der Waals surface area (Å²) in [4.78, 5) is 0. The van der Waals surface area contributed by atoms with Crippen molar-refractivity contribution in [2.24, 2.45) is 9.50 Å². The van der Waals surface area contributed by atoms with E-state index in [0.29, 0.717) is 0 Å². The van der Waals surface area contributed by atoms with Crippen LogP contribution in [0.4, 0.5) is 0 Å². The number of hydrogen-bond acceptors (Lipinski definition) is 4. The lowest BCUT2D eigenvalue weighted by Gasteiger charge is -1.89. The van der Waals surface area contributed by atoms with Crippen molar-refractivity contribution in [3.63, 3.8) is 0 Å². The molecule has 1 aliphatic rings. The second-order valence-corrected chi connectivity index (χ2v) is 1.34. The fourth-order valence-electron chi connectivity index (χ4n) is 0.169. The first-order valence-corrected chi connectivity index (χ1v) is 2.28. The maximum atomic E-state index is 3.71. The molecule has 1 N–H and O–H groups in total. The molecule has 0 radical (unpaired) electrons. The van der Waals surface area contributed by atoms with Crippen molar-refractivity contribution in [3.05, 3.63) is 0 Å². The Balaban J connectivity index is 2.40. The molecule has 0 saturated carbocycles. The number of hydrazone groups is 1. The van der Waals surface area contributed by atoms with Crippen molar-refractivity contribution >= 4 is 23.8 Å². The average molecular weight is 101 g/mol. The van der Waals surface area contributed by atoms with Crippen LogP contribution in [0.2, 0.25) is 0 Å². The maximum absolute atomic E-state index is 3.71. The predicted octanol–water partition coefficient (Wildman–Crippen LogP) is 0.209. The minimum atomic E-state index is 1.31. The SMILES string of the molecule is C1=NNC=NS1. The van der Waals surface area contributed by atoms with Crippen molar-refractivity contribution < 1.29 is 0 Å². The standard InChI is InChI=1S/C2H3N3S/c1-3-4-2-6-5-1/h1-2H,(H,3,5). The summed E-state index contributed by atoms with van der Waals surface area (Å²) < 4.78 is 3.71. The quantitative estimate of drug-likeness (QED) is 0.443. The monoisotopic (exact) mass is 101 g/mol. The van der Waals surface area contributed by atoms with E-state index in [-0.39, 0.29) is 0 Å². The summed E-state index contributed by atoms with van der Waals surface area (Å²) >= 11 is 1.31. The van der Waals surface area contributed by atoms with Crippen LogP contribution in [0.1, 0.15) is 0 Å². The van der Waals surface area contributed by atoms with Gasteiger partial charge in [-0.05, 0) is 0 Å². The van der Waals surface area contributed by atoms with Gasteiger partial charge in [-0.15, -0.1) is 0 Å². The van der Waals surface area contributed by atoms with Gasteiger partial charge < -0.3 is 0 Å². The van der Waals surface area contributed by atoms with Gasteiger partial charge in [-0.1, -0.05) is 0 Å². The van der Waals surface area contributed by atoms with Gasteiger partial charge in [0.05, 0.1) is 0 Å². The molecule has 1 rings (SSSR count). The van der Waals surface area contributed by atoms with Gasteiger partial charge in [-0.25, -0.2) is 0 Å². The zero-order valence-electron chi connectivity index (χ0n) is 2.96. The first-order chi connectivity index (χ1) is 3.00.